The zero-order chi connectivity index (χ0) is 18.9. The molecule has 2 amide bonds. The fraction of sp³-hybridized carbons (Fsp3) is 0.267. The Balaban J connectivity index is 1.80. The highest BCUT2D eigenvalue weighted by atomic mass is 32.2. The first kappa shape index (κ1) is 17.7. The van der Waals surface area contributed by atoms with Crippen molar-refractivity contribution in [2.24, 2.45) is 0 Å². The van der Waals surface area contributed by atoms with Gasteiger partial charge in [-0.1, -0.05) is 12.1 Å². The average molecular weight is 377 g/mol. The number of para-hydroxylation sites is 1. The van der Waals surface area contributed by atoms with Crippen LogP contribution < -0.4 is 10.0 Å². The predicted octanol–water partition coefficient (Wildman–Crippen LogP) is 1.69. The number of rotatable bonds is 4. The Morgan fingerprint density at radius 1 is 1.23 bits per heavy atom. The smallest absolute Gasteiger partial charge is 0.275 e. The van der Waals surface area contributed by atoms with Gasteiger partial charge in [0, 0.05) is 17.5 Å². The van der Waals surface area contributed by atoms with Gasteiger partial charge in [0.05, 0.1) is 4.92 Å². The zero-order valence-corrected chi connectivity index (χ0v) is 14.5. The van der Waals surface area contributed by atoms with Crippen molar-refractivity contribution in [3.8, 4) is 0 Å². The summed E-state index contributed by atoms with van der Waals surface area (Å²) in [5, 5.41) is 13.2. The van der Waals surface area contributed by atoms with E-state index in [-0.39, 0.29) is 5.95 Å². The molecule has 1 aliphatic carbocycles. The van der Waals surface area contributed by atoms with Crippen LogP contribution >= 0.6 is 0 Å². The third-order valence-corrected chi connectivity index (χ3v) is 5.32. The van der Waals surface area contributed by atoms with E-state index in [1.54, 1.807) is 11.6 Å². The zero-order valence-electron chi connectivity index (χ0n) is 13.7. The lowest BCUT2D eigenvalue weighted by Gasteiger charge is -2.10. The number of nitro benzene ring substituents is 1. The maximum absolute atomic E-state index is 12.3. The summed E-state index contributed by atoms with van der Waals surface area (Å²) in [5.74, 6) is -0.0154. The highest BCUT2D eigenvalue weighted by Crippen LogP contribution is 2.24. The third kappa shape index (κ3) is 3.47. The average Bonchev–Trinajstić information content (AvgIpc) is 3.03. The van der Waals surface area contributed by atoms with Crippen LogP contribution in [0, 0.1) is 17.0 Å². The molecule has 0 fully saturated rings. The molecule has 10 nitrogen and oxygen atoms in total. The first-order valence-corrected chi connectivity index (χ1v) is 9.20. The molecule has 1 aromatic heterocycles. The van der Waals surface area contributed by atoms with Gasteiger partial charge >= 0.3 is 6.03 Å². The van der Waals surface area contributed by atoms with E-state index in [9.17, 15) is 23.3 Å². The summed E-state index contributed by atoms with van der Waals surface area (Å²) in [7, 11) is -4.44. The van der Waals surface area contributed by atoms with E-state index < -0.39 is 31.6 Å². The molecule has 0 unspecified atom stereocenters. The normalized spacial score (nSPS) is 13.1. The Labute approximate surface area is 148 Å². The molecule has 0 saturated carbocycles. The van der Waals surface area contributed by atoms with Crippen LogP contribution in [0.1, 0.15) is 23.4 Å². The van der Waals surface area contributed by atoms with Gasteiger partial charge in [-0.25, -0.2) is 27.9 Å². The van der Waals surface area contributed by atoms with Crippen molar-refractivity contribution < 1.29 is 18.1 Å². The molecule has 0 radical (unpaired) electrons. The number of aromatic nitrogens is 2. The monoisotopic (exact) mass is 377 g/mol. The van der Waals surface area contributed by atoms with Crippen molar-refractivity contribution >= 4 is 27.7 Å². The number of carbonyl (C=O) groups excluding carboxylic acids is 1. The van der Waals surface area contributed by atoms with Crippen LogP contribution in [0.15, 0.2) is 29.2 Å². The number of anilines is 1. The van der Waals surface area contributed by atoms with Gasteiger partial charge in [-0.3, -0.25) is 15.4 Å². The molecule has 1 aliphatic rings. The van der Waals surface area contributed by atoms with Crippen LogP contribution in [0.5, 0.6) is 0 Å². The minimum Gasteiger partial charge on any atom is -0.275 e. The number of benzene rings is 1. The second-order valence-electron chi connectivity index (χ2n) is 5.70. The number of fused-ring (bicyclic) bond motifs is 1. The highest BCUT2D eigenvalue weighted by Gasteiger charge is 2.27. The van der Waals surface area contributed by atoms with Gasteiger partial charge in [0.1, 0.15) is 0 Å². The highest BCUT2D eigenvalue weighted by molar-refractivity contribution is 7.90. The predicted molar refractivity (Wildman–Crippen MR) is 91.2 cm³/mol. The summed E-state index contributed by atoms with van der Waals surface area (Å²) in [4.78, 5) is 30.0. The minimum atomic E-state index is -4.44. The number of urea groups is 1. The standard InChI is InChI=1S/C15H15N5O5S/c1-9-10-5-4-6-11(10)17-14(16-9)18-15(21)19-26(24,25)13-8-3-2-7-12(13)20(22)23/h2-3,7-8H,4-6H2,1H3,(H2,16,17,18,19,21). The molecule has 0 bridgehead atoms. The van der Waals surface area contributed by atoms with Crippen molar-refractivity contribution in [1.29, 1.82) is 0 Å². The quantitative estimate of drug-likeness (QED) is 0.609. The molecule has 3 rings (SSSR count). The lowest BCUT2D eigenvalue weighted by atomic mass is 10.2. The summed E-state index contributed by atoms with van der Waals surface area (Å²) < 4.78 is 26.3. The Bertz CT molecular complexity index is 1010. The Morgan fingerprint density at radius 3 is 2.69 bits per heavy atom. The van der Waals surface area contributed by atoms with Crippen molar-refractivity contribution in [3.05, 3.63) is 51.3 Å². The SMILES string of the molecule is Cc1nc(NC(=O)NS(=O)(=O)c2ccccc2[N+](=O)[O-])nc2c1CCC2. The number of hydrogen-bond acceptors (Lipinski definition) is 7. The van der Waals surface area contributed by atoms with Crippen molar-refractivity contribution in [2.45, 2.75) is 31.1 Å². The topological polar surface area (TPSA) is 144 Å². The third-order valence-electron chi connectivity index (χ3n) is 3.94. The van der Waals surface area contributed by atoms with Crippen LogP contribution in [0.25, 0.3) is 0 Å². The first-order chi connectivity index (χ1) is 12.3. The number of nitro groups is 1. The molecule has 0 atom stereocenters. The van der Waals surface area contributed by atoms with Crippen LogP contribution in [0.3, 0.4) is 0 Å². The first-order valence-electron chi connectivity index (χ1n) is 7.71. The summed E-state index contributed by atoms with van der Waals surface area (Å²) in [6.07, 6.45) is 2.59. The van der Waals surface area contributed by atoms with Gasteiger partial charge in [0.15, 0.2) is 4.90 Å². The van der Waals surface area contributed by atoms with E-state index in [2.05, 4.69) is 15.3 Å². The second-order valence-corrected chi connectivity index (χ2v) is 7.35. The largest absolute Gasteiger partial charge is 0.335 e. The van der Waals surface area contributed by atoms with Crippen LogP contribution in [-0.4, -0.2) is 29.3 Å². The molecule has 2 N–H and O–H groups in total. The molecule has 2 aromatic rings. The van der Waals surface area contributed by atoms with Crippen LogP contribution in [0.4, 0.5) is 16.4 Å². The van der Waals surface area contributed by atoms with E-state index in [0.29, 0.717) is 0 Å². The number of nitrogens with one attached hydrogen (secondary N) is 2. The minimum absolute atomic E-state index is 0.0154. The van der Waals surface area contributed by atoms with Gasteiger partial charge in [0.2, 0.25) is 5.95 Å². The second kappa shape index (κ2) is 6.67. The van der Waals surface area contributed by atoms with Gasteiger partial charge in [-0.05, 0) is 37.8 Å². The fourth-order valence-corrected chi connectivity index (χ4v) is 3.90. The molecule has 1 heterocycles. The molecule has 11 heteroatoms. The van der Waals surface area contributed by atoms with Crippen molar-refractivity contribution in [2.75, 3.05) is 5.32 Å². The van der Waals surface area contributed by atoms with Crippen molar-refractivity contribution in [3.63, 3.8) is 0 Å². The number of hydrogen-bond donors (Lipinski definition) is 2. The number of carbonyl (C=O) groups is 1. The number of sulfonamides is 1. The molecule has 136 valence electrons. The maximum atomic E-state index is 12.3. The Kier molecular flexibility index (Phi) is 4.55. The van der Waals surface area contributed by atoms with Gasteiger partial charge < -0.3 is 0 Å². The molecular formula is C15H15N5O5S. The van der Waals surface area contributed by atoms with Crippen molar-refractivity contribution in [1.82, 2.24) is 14.7 Å². The summed E-state index contributed by atoms with van der Waals surface area (Å²) in [5.41, 5.74) is 1.97. The van der Waals surface area contributed by atoms with E-state index in [1.807, 2.05) is 0 Å². The molecular weight excluding hydrogens is 362 g/mol. The number of nitrogens with zero attached hydrogens (tertiary/aromatic N) is 3. The number of amides is 2. The Hall–Kier alpha value is -3.08. The Morgan fingerprint density at radius 2 is 1.96 bits per heavy atom. The fourth-order valence-electron chi connectivity index (χ4n) is 2.82. The summed E-state index contributed by atoms with van der Waals surface area (Å²) in [6.45, 7) is 1.79. The maximum Gasteiger partial charge on any atom is 0.335 e. The van der Waals surface area contributed by atoms with Gasteiger partial charge in [-0.15, -0.1) is 0 Å². The summed E-state index contributed by atoms with van der Waals surface area (Å²) >= 11 is 0. The molecule has 26 heavy (non-hydrogen) atoms. The van der Waals surface area contributed by atoms with Gasteiger partial charge in [-0.2, -0.15) is 0 Å². The van der Waals surface area contributed by atoms with Crippen LogP contribution in [-0.2, 0) is 22.9 Å². The summed E-state index contributed by atoms with van der Waals surface area (Å²) in [6, 6.07) is 3.65. The van der Waals surface area contributed by atoms with Gasteiger partial charge in [0.25, 0.3) is 15.7 Å². The molecule has 0 saturated heterocycles. The lowest BCUT2D eigenvalue weighted by molar-refractivity contribution is -0.387. The van der Waals surface area contributed by atoms with E-state index >= 15 is 0 Å². The number of aryl methyl sites for hydroxylation is 2. The lowest BCUT2D eigenvalue weighted by Crippen LogP contribution is -2.35. The molecule has 1 aromatic carbocycles. The molecule has 0 aliphatic heterocycles. The van der Waals surface area contributed by atoms with Crippen LogP contribution in [0.2, 0.25) is 0 Å². The van der Waals surface area contributed by atoms with E-state index in [0.717, 1.165) is 48.3 Å². The van der Waals surface area contributed by atoms with E-state index in [4.69, 9.17) is 0 Å². The van der Waals surface area contributed by atoms with E-state index in [1.165, 1.54) is 12.1 Å². The molecule has 0 spiro atoms.